The molecule has 0 aromatic carbocycles. The van der Waals surface area contributed by atoms with Gasteiger partial charge in [-0.1, -0.05) is 13.8 Å². The number of guanidine groups is 1. The van der Waals surface area contributed by atoms with Crippen molar-refractivity contribution in [2.75, 3.05) is 32.7 Å². The highest BCUT2D eigenvalue weighted by molar-refractivity contribution is 5.80. The minimum Gasteiger partial charge on any atom is -0.357 e. The van der Waals surface area contributed by atoms with Gasteiger partial charge < -0.3 is 15.5 Å². The predicted molar refractivity (Wildman–Crippen MR) is 86.1 cm³/mol. The zero-order chi connectivity index (χ0) is 14.4. The van der Waals surface area contributed by atoms with E-state index in [2.05, 4.69) is 36.3 Å². The van der Waals surface area contributed by atoms with Crippen LogP contribution in [0.5, 0.6) is 0 Å². The van der Waals surface area contributed by atoms with E-state index in [0.29, 0.717) is 6.04 Å². The van der Waals surface area contributed by atoms with Crippen LogP contribution in [0.3, 0.4) is 0 Å². The van der Waals surface area contributed by atoms with E-state index in [1.165, 1.54) is 45.3 Å². The topological polar surface area (TPSA) is 39.7 Å². The summed E-state index contributed by atoms with van der Waals surface area (Å²) in [4.78, 5) is 7.42. The van der Waals surface area contributed by atoms with Crippen LogP contribution in [-0.2, 0) is 0 Å². The first-order valence-electron chi connectivity index (χ1n) is 8.44. The van der Waals surface area contributed by atoms with Crippen LogP contribution >= 0.6 is 0 Å². The van der Waals surface area contributed by atoms with E-state index in [0.717, 1.165) is 30.9 Å². The van der Waals surface area contributed by atoms with Crippen LogP contribution in [0.25, 0.3) is 0 Å². The number of piperidine rings is 1. The van der Waals surface area contributed by atoms with Crippen molar-refractivity contribution in [2.24, 2.45) is 16.8 Å². The van der Waals surface area contributed by atoms with Crippen LogP contribution in [-0.4, -0.2) is 49.6 Å². The highest BCUT2D eigenvalue weighted by Gasteiger charge is 2.23. The number of hydrogen-bond donors (Lipinski definition) is 2. The quantitative estimate of drug-likeness (QED) is 0.578. The summed E-state index contributed by atoms with van der Waals surface area (Å²) in [5, 5.41) is 6.86. The second-order valence-electron chi connectivity index (χ2n) is 6.80. The van der Waals surface area contributed by atoms with E-state index < -0.39 is 0 Å². The molecule has 2 aliphatic rings. The maximum absolute atomic E-state index is 4.80. The normalized spacial score (nSPS) is 25.0. The third-order valence-electron chi connectivity index (χ3n) is 4.00. The number of likely N-dealkylation sites (tertiary alicyclic amines) is 1. The molecule has 0 radical (unpaired) electrons. The average molecular weight is 280 g/mol. The molecular weight excluding hydrogens is 248 g/mol. The molecule has 0 aromatic heterocycles. The lowest BCUT2D eigenvalue weighted by Crippen LogP contribution is -2.41. The first-order chi connectivity index (χ1) is 9.67. The van der Waals surface area contributed by atoms with Crippen molar-refractivity contribution in [1.82, 2.24) is 15.5 Å². The Morgan fingerprint density at radius 3 is 2.75 bits per heavy atom. The van der Waals surface area contributed by atoms with Gasteiger partial charge in [-0.05, 0) is 51.0 Å². The van der Waals surface area contributed by atoms with Crippen molar-refractivity contribution in [1.29, 1.82) is 0 Å². The third kappa shape index (κ3) is 5.70. The molecule has 1 aliphatic heterocycles. The van der Waals surface area contributed by atoms with Gasteiger partial charge in [0.2, 0.25) is 0 Å². The summed E-state index contributed by atoms with van der Waals surface area (Å²) >= 11 is 0. The van der Waals surface area contributed by atoms with Crippen molar-refractivity contribution in [2.45, 2.75) is 52.5 Å². The van der Waals surface area contributed by atoms with Gasteiger partial charge in [-0.3, -0.25) is 4.99 Å². The van der Waals surface area contributed by atoms with E-state index in [1.807, 2.05) is 0 Å². The standard InChI is InChI=1S/C16H32N4/c1-4-17-16(19-15-7-8-15)18-10-14-6-5-9-20(12-14)11-13(2)3/h13-15H,4-12H2,1-3H3,(H2,17,18,19). The third-order valence-corrected chi connectivity index (χ3v) is 4.00. The van der Waals surface area contributed by atoms with Gasteiger partial charge in [-0.25, -0.2) is 0 Å². The predicted octanol–water partition coefficient (Wildman–Crippen LogP) is 2.07. The molecule has 2 N–H and O–H groups in total. The second kappa shape index (κ2) is 7.87. The molecule has 2 fully saturated rings. The summed E-state index contributed by atoms with van der Waals surface area (Å²) in [6.07, 6.45) is 5.27. The Bertz CT molecular complexity index is 310. The Kier molecular flexibility index (Phi) is 6.14. The van der Waals surface area contributed by atoms with E-state index in [-0.39, 0.29) is 0 Å². The fraction of sp³-hybridized carbons (Fsp3) is 0.938. The molecule has 1 saturated carbocycles. The van der Waals surface area contributed by atoms with Crippen LogP contribution in [0.2, 0.25) is 0 Å². The fourth-order valence-corrected chi connectivity index (χ4v) is 2.94. The lowest BCUT2D eigenvalue weighted by atomic mass is 9.97. The number of nitrogens with one attached hydrogen (secondary N) is 2. The summed E-state index contributed by atoms with van der Waals surface area (Å²) in [5.74, 6) is 2.53. The van der Waals surface area contributed by atoms with Crippen molar-refractivity contribution in [3.8, 4) is 0 Å². The van der Waals surface area contributed by atoms with Crippen LogP contribution < -0.4 is 10.6 Å². The molecule has 0 bridgehead atoms. The molecule has 2 rings (SSSR count). The minimum atomic E-state index is 0.677. The molecule has 0 amide bonds. The highest BCUT2D eigenvalue weighted by Crippen LogP contribution is 2.19. The monoisotopic (exact) mass is 280 g/mol. The van der Waals surface area contributed by atoms with Gasteiger partial charge in [0.05, 0.1) is 0 Å². The van der Waals surface area contributed by atoms with Gasteiger partial charge in [0.15, 0.2) is 5.96 Å². The number of hydrogen-bond acceptors (Lipinski definition) is 2. The van der Waals surface area contributed by atoms with Crippen LogP contribution in [0.1, 0.15) is 46.5 Å². The maximum atomic E-state index is 4.80. The molecule has 1 saturated heterocycles. The summed E-state index contributed by atoms with van der Waals surface area (Å²) in [6.45, 7) is 12.4. The van der Waals surface area contributed by atoms with E-state index in [1.54, 1.807) is 0 Å². The Hall–Kier alpha value is -0.770. The van der Waals surface area contributed by atoms with E-state index >= 15 is 0 Å². The van der Waals surface area contributed by atoms with E-state index in [9.17, 15) is 0 Å². The van der Waals surface area contributed by atoms with Crippen molar-refractivity contribution in [3.05, 3.63) is 0 Å². The SMILES string of the molecule is CCNC(=NCC1CCCN(CC(C)C)C1)NC1CC1. The first-order valence-corrected chi connectivity index (χ1v) is 8.44. The molecule has 1 heterocycles. The van der Waals surface area contributed by atoms with Gasteiger partial charge in [-0.2, -0.15) is 0 Å². The van der Waals surface area contributed by atoms with Crippen LogP contribution in [0.4, 0.5) is 0 Å². The number of rotatable bonds is 6. The smallest absolute Gasteiger partial charge is 0.191 e. The second-order valence-corrected chi connectivity index (χ2v) is 6.80. The minimum absolute atomic E-state index is 0.677. The average Bonchev–Trinajstić information content (AvgIpc) is 3.20. The van der Waals surface area contributed by atoms with Crippen molar-refractivity contribution >= 4 is 5.96 Å². The zero-order valence-corrected chi connectivity index (χ0v) is 13.5. The largest absolute Gasteiger partial charge is 0.357 e. The van der Waals surface area contributed by atoms with Crippen molar-refractivity contribution < 1.29 is 0 Å². The van der Waals surface area contributed by atoms with E-state index in [4.69, 9.17) is 4.99 Å². The van der Waals surface area contributed by atoms with Crippen LogP contribution in [0.15, 0.2) is 4.99 Å². The van der Waals surface area contributed by atoms with Crippen LogP contribution in [0, 0.1) is 11.8 Å². The molecule has 4 nitrogen and oxygen atoms in total. The molecule has 20 heavy (non-hydrogen) atoms. The summed E-state index contributed by atoms with van der Waals surface area (Å²) < 4.78 is 0. The molecular formula is C16H32N4. The highest BCUT2D eigenvalue weighted by atomic mass is 15.2. The molecule has 116 valence electrons. The first kappa shape index (κ1) is 15.6. The Morgan fingerprint density at radius 2 is 2.10 bits per heavy atom. The van der Waals surface area contributed by atoms with Gasteiger partial charge in [0.25, 0.3) is 0 Å². The fourth-order valence-electron chi connectivity index (χ4n) is 2.94. The molecule has 1 aliphatic carbocycles. The lowest BCUT2D eigenvalue weighted by Gasteiger charge is -2.33. The Labute approximate surface area is 124 Å². The van der Waals surface area contributed by atoms with Gasteiger partial charge >= 0.3 is 0 Å². The van der Waals surface area contributed by atoms with Crippen molar-refractivity contribution in [3.63, 3.8) is 0 Å². The molecule has 0 spiro atoms. The molecule has 1 unspecified atom stereocenters. The summed E-state index contributed by atoms with van der Waals surface area (Å²) in [5.41, 5.74) is 0. The Balaban J connectivity index is 1.77. The lowest BCUT2D eigenvalue weighted by molar-refractivity contribution is 0.162. The summed E-state index contributed by atoms with van der Waals surface area (Å²) in [7, 11) is 0. The zero-order valence-electron chi connectivity index (χ0n) is 13.5. The summed E-state index contributed by atoms with van der Waals surface area (Å²) in [6, 6.07) is 0.677. The maximum Gasteiger partial charge on any atom is 0.191 e. The van der Waals surface area contributed by atoms with Gasteiger partial charge in [-0.15, -0.1) is 0 Å². The number of nitrogens with zero attached hydrogens (tertiary/aromatic N) is 2. The number of aliphatic imine (C=N–C) groups is 1. The molecule has 1 atom stereocenters. The molecule has 4 heteroatoms. The van der Waals surface area contributed by atoms with Gasteiger partial charge in [0.1, 0.15) is 0 Å². The van der Waals surface area contributed by atoms with Gasteiger partial charge in [0, 0.05) is 32.2 Å². The Morgan fingerprint density at radius 1 is 1.30 bits per heavy atom. The molecule has 0 aromatic rings.